The van der Waals surface area contributed by atoms with Gasteiger partial charge in [-0.1, -0.05) is 30.7 Å². The maximum atomic E-state index is 13.9. The van der Waals surface area contributed by atoms with Crippen molar-refractivity contribution in [3.63, 3.8) is 0 Å². The van der Waals surface area contributed by atoms with E-state index < -0.39 is 23.4 Å². The van der Waals surface area contributed by atoms with E-state index in [0.29, 0.717) is 33.5 Å². The Hall–Kier alpha value is -3.04. The van der Waals surface area contributed by atoms with Crippen molar-refractivity contribution in [3.8, 4) is 16.9 Å². The van der Waals surface area contributed by atoms with Crippen LogP contribution in [0, 0.1) is 5.92 Å². The minimum absolute atomic E-state index is 0.0114. The van der Waals surface area contributed by atoms with E-state index in [1.165, 1.54) is 12.3 Å². The fraction of sp³-hybridized carbons (Fsp3) is 0.333. The van der Waals surface area contributed by atoms with Gasteiger partial charge in [-0.05, 0) is 60.7 Å². The third-order valence-electron chi connectivity index (χ3n) is 5.18. The van der Waals surface area contributed by atoms with Crippen LogP contribution < -0.4 is 16.2 Å². The largest absolute Gasteiger partial charge is 0.493 e. The monoisotopic (exact) mass is 495 g/mol. The van der Waals surface area contributed by atoms with E-state index in [2.05, 4.69) is 4.98 Å². The van der Waals surface area contributed by atoms with Crippen molar-refractivity contribution in [2.75, 3.05) is 13.2 Å². The van der Waals surface area contributed by atoms with Gasteiger partial charge in [0.1, 0.15) is 12.4 Å². The second kappa shape index (κ2) is 10.1. The summed E-state index contributed by atoms with van der Waals surface area (Å²) in [5, 5.41) is 1.17. The summed E-state index contributed by atoms with van der Waals surface area (Å²) >= 11 is 6.01. The minimum Gasteiger partial charge on any atom is -0.493 e. The van der Waals surface area contributed by atoms with E-state index in [1.807, 2.05) is 0 Å². The van der Waals surface area contributed by atoms with E-state index in [1.54, 1.807) is 44.2 Å². The number of hydrogen-bond acceptors (Lipinski definition) is 5. The molecule has 182 valence electrons. The Morgan fingerprint density at radius 2 is 1.91 bits per heavy atom. The number of halogens is 4. The van der Waals surface area contributed by atoms with Crippen LogP contribution in [0.4, 0.5) is 18.0 Å². The second-order valence-corrected chi connectivity index (χ2v) is 9.05. The Kier molecular flexibility index (Phi) is 7.57. The summed E-state index contributed by atoms with van der Waals surface area (Å²) in [4.78, 5) is 15.0. The number of aromatic nitrogens is 1. The summed E-state index contributed by atoms with van der Waals surface area (Å²) in [7, 11) is 0. The third kappa shape index (κ3) is 6.51. The van der Waals surface area contributed by atoms with Crippen molar-refractivity contribution in [2.24, 2.45) is 17.4 Å². The first kappa shape index (κ1) is 25.6. The van der Waals surface area contributed by atoms with Crippen molar-refractivity contribution >= 4 is 28.6 Å². The zero-order valence-corrected chi connectivity index (χ0v) is 19.4. The van der Waals surface area contributed by atoms with E-state index >= 15 is 0 Å². The van der Waals surface area contributed by atoms with Crippen molar-refractivity contribution in [2.45, 2.75) is 32.0 Å². The number of amides is 1. The van der Waals surface area contributed by atoms with Gasteiger partial charge in [-0.2, -0.15) is 13.2 Å². The first-order chi connectivity index (χ1) is 15.9. The number of hydrogen-bond donors (Lipinski definition) is 2. The summed E-state index contributed by atoms with van der Waals surface area (Å²) < 4.78 is 52.0. The number of carbonyl (C=O) groups is 1. The van der Waals surface area contributed by atoms with Gasteiger partial charge in [0.05, 0.1) is 17.7 Å². The number of nitrogens with zero attached hydrogens (tertiary/aromatic N) is 1. The predicted molar refractivity (Wildman–Crippen MR) is 125 cm³/mol. The second-order valence-electron chi connectivity index (χ2n) is 8.61. The molecule has 1 unspecified atom stereocenters. The minimum atomic E-state index is -4.63. The molecule has 0 aliphatic rings. The van der Waals surface area contributed by atoms with Gasteiger partial charge in [-0.25, -0.2) is 4.79 Å². The maximum Gasteiger partial charge on any atom is 0.419 e. The van der Waals surface area contributed by atoms with Crippen molar-refractivity contribution in [1.82, 2.24) is 4.98 Å². The highest BCUT2D eigenvalue weighted by atomic mass is 35.5. The lowest BCUT2D eigenvalue weighted by atomic mass is 9.92. The molecule has 0 saturated heterocycles. The molecule has 0 radical (unpaired) electrons. The average Bonchev–Trinajstić information content (AvgIpc) is 2.75. The van der Waals surface area contributed by atoms with Crippen molar-refractivity contribution < 1.29 is 27.4 Å². The van der Waals surface area contributed by atoms with Crippen LogP contribution in [-0.4, -0.2) is 29.8 Å². The Labute approximate surface area is 200 Å². The normalized spacial score (nSPS) is 14.4. The highest BCUT2D eigenvalue weighted by Crippen LogP contribution is 2.40. The Balaban J connectivity index is 1.83. The molecule has 0 saturated carbocycles. The summed E-state index contributed by atoms with van der Waals surface area (Å²) in [6, 6.07) is 10.7. The van der Waals surface area contributed by atoms with Gasteiger partial charge in [-0.15, -0.1) is 0 Å². The van der Waals surface area contributed by atoms with E-state index in [4.69, 9.17) is 32.5 Å². The number of pyridine rings is 1. The lowest BCUT2D eigenvalue weighted by Crippen LogP contribution is -2.44. The van der Waals surface area contributed by atoms with Gasteiger partial charge >= 0.3 is 12.3 Å². The number of nitrogens with two attached hydrogens (primary N) is 2. The van der Waals surface area contributed by atoms with Gasteiger partial charge in [0.2, 0.25) is 0 Å². The summed E-state index contributed by atoms with van der Waals surface area (Å²) in [6.45, 7) is 3.32. The zero-order chi connectivity index (χ0) is 25.1. The van der Waals surface area contributed by atoms with Crippen LogP contribution in [0.2, 0.25) is 5.02 Å². The molecule has 3 aromatic rings. The van der Waals surface area contributed by atoms with Gasteiger partial charge in [-0.3, -0.25) is 4.98 Å². The highest BCUT2D eigenvalue weighted by Gasteiger charge is 2.35. The number of fused-ring (bicyclic) bond motifs is 1. The number of carbonyl (C=O) groups excluding carboxylic acids is 1. The van der Waals surface area contributed by atoms with Crippen LogP contribution in [0.3, 0.4) is 0 Å². The van der Waals surface area contributed by atoms with E-state index in [0.717, 1.165) is 6.07 Å². The summed E-state index contributed by atoms with van der Waals surface area (Å²) in [6.07, 6.45) is -3.71. The zero-order valence-electron chi connectivity index (χ0n) is 18.7. The number of benzene rings is 2. The molecular formula is C24H25ClF3N3O3. The van der Waals surface area contributed by atoms with E-state index in [-0.39, 0.29) is 24.9 Å². The highest BCUT2D eigenvalue weighted by molar-refractivity contribution is 6.31. The average molecular weight is 496 g/mol. The topological polar surface area (TPSA) is 100 Å². The molecule has 0 aliphatic heterocycles. The van der Waals surface area contributed by atoms with E-state index in [9.17, 15) is 18.0 Å². The number of primary amides is 1. The number of ether oxygens (including phenoxy) is 2. The lowest BCUT2D eigenvalue weighted by molar-refractivity contribution is -0.139. The SMILES string of the molecule is C[C@H](COc1ccc(-c2ccnc3cc(Cl)ccc23)cc1C(F)(F)F)CC(C)(N)COC(N)=O. The molecule has 2 aromatic carbocycles. The van der Waals surface area contributed by atoms with Gasteiger partial charge in [0.15, 0.2) is 0 Å². The van der Waals surface area contributed by atoms with Gasteiger partial charge in [0, 0.05) is 22.1 Å². The molecule has 4 N–H and O–H groups in total. The van der Waals surface area contributed by atoms with Crippen LogP contribution in [0.15, 0.2) is 48.7 Å². The predicted octanol–water partition coefficient (Wildman–Crippen LogP) is 5.79. The molecule has 0 bridgehead atoms. The summed E-state index contributed by atoms with van der Waals surface area (Å²) in [5.41, 5.74) is 10.8. The first-order valence-corrected chi connectivity index (χ1v) is 10.8. The van der Waals surface area contributed by atoms with Crippen LogP contribution in [-0.2, 0) is 10.9 Å². The van der Waals surface area contributed by atoms with Gasteiger partial charge in [0.25, 0.3) is 0 Å². The van der Waals surface area contributed by atoms with Gasteiger partial charge < -0.3 is 20.9 Å². The molecule has 2 atom stereocenters. The van der Waals surface area contributed by atoms with Crippen molar-refractivity contribution in [1.29, 1.82) is 0 Å². The fourth-order valence-corrected chi connectivity index (χ4v) is 3.97. The fourth-order valence-electron chi connectivity index (χ4n) is 3.80. The third-order valence-corrected chi connectivity index (χ3v) is 5.42. The first-order valence-electron chi connectivity index (χ1n) is 10.5. The number of rotatable bonds is 8. The Morgan fingerprint density at radius 1 is 1.18 bits per heavy atom. The standard InChI is InChI=1S/C24H25ClF3N3O3/c1-14(11-23(2,30)13-34-22(29)32)12-33-21-6-3-15(9-19(21)24(26,27)28)17-7-8-31-20-10-16(25)4-5-18(17)20/h3-10,14H,11-13,30H2,1-2H3,(H2,29,32)/t14-,23?/m0/s1. The van der Waals surface area contributed by atoms with Crippen LogP contribution in [0.25, 0.3) is 22.0 Å². The molecule has 1 amide bonds. The lowest BCUT2D eigenvalue weighted by Gasteiger charge is -2.27. The van der Waals surface area contributed by atoms with Crippen molar-refractivity contribution in [3.05, 3.63) is 59.2 Å². The number of alkyl halides is 3. The summed E-state index contributed by atoms with van der Waals surface area (Å²) in [5.74, 6) is -0.502. The van der Waals surface area contributed by atoms with Crippen LogP contribution in [0.1, 0.15) is 25.8 Å². The molecule has 0 spiro atoms. The van der Waals surface area contributed by atoms with Crippen LogP contribution >= 0.6 is 11.6 Å². The molecule has 6 nitrogen and oxygen atoms in total. The molecule has 0 fully saturated rings. The smallest absolute Gasteiger partial charge is 0.419 e. The molecule has 1 aromatic heterocycles. The molecule has 0 aliphatic carbocycles. The molecule has 34 heavy (non-hydrogen) atoms. The molecular weight excluding hydrogens is 471 g/mol. The molecule has 1 heterocycles. The Morgan fingerprint density at radius 3 is 2.59 bits per heavy atom. The molecule has 10 heteroatoms. The Bertz CT molecular complexity index is 1190. The quantitative estimate of drug-likeness (QED) is 0.412. The maximum absolute atomic E-state index is 13.9. The van der Waals surface area contributed by atoms with Crippen LogP contribution in [0.5, 0.6) is 5.75 Å². The molecule has 3 rings (SSSR count).